The van der Waals surface area contributed by atoms with E-state index in [1.165, 1.54) is 24.3 Å². The van der Waals surface area contributed by atoms with Gasteiger partial charge in [-0.25, -0.2) is 4.98 Å². The number of fused-ring (bicyclic) bond motifs is 1. The van der Waals surface area contributed by atoms with Crippen LogP contribution in [0.15, 0.2) is 53.4 Å². The van der Waals surface area contributed by atoms with E-state index in [1.54, 1.807) is 0 Å². The van der Waals surface area contributed by atoms with Crippen LogP contribution >= 0.6 is 11.8 Å². The van der Waals surface area contributed by atoms with Crippen molar-refractivity contribution in [3.05, 3.63) is 59.9 Å². The number of halogens is 3. The third kappa shape index (κ3) is 4.19. The molecule has 3 rings (SSSR count). The van der Waals surface area contributed by atoms with Crippen LogP contribution in [0.2, 0.25) is 0 Å². The van der Waals surface area contributed by atoms with E-state index in [0.29, 0.717) is 5.56 Å². The lowest BCUT2D eigenvalue weighted by Crippen LogP contribution is -2.24. The van der Waals surface area contributed by atoms with Gasteiger partial charge in [-0.05, 0) is 55.1 Å². The number of benzene rings is 2. The number of carbonyl (C=O) groups is 1. The Kier molecular flexibility index (Phi) is 5.22. The van der Waals surface area contributed by atoms with E-state index >= 15 is 0 Å². The molecule has 1 heterocycles. The van der Waals surface area contributed by atoms with Crippen molar-refractivity contribution in [3.8, 4) is 0 Å². The number of alkyl halides is 3. The van der Waals surface area contributed by atoms with Gasteiger partial charge in [0.05, 0.1) is 17.6 Å². The number of rotatable bonds is 5. The molecule has 0 atom stereocenters. The first kappa shape index (κ1) is 18.3. The molecule has 0 spiro atoms. The number of carbonyl (C=O) groups excluding carboxylic acids is 1. The van der Waals surface area contributed by atoms with Crippen LogP contribution < -0.4 is 5.32 Å². The Labute approximate surface area is 152 Å². The molecule has 8 heteroatoms. The largest absolute Gasteiger partial charge is 0.446 e. The average molecular weight is 379 g/mol. The van der Waals surface area contributed by atoms with Crippen LogP contribution in [0.3, 0.4) is 0 Å². The maximum absolute atomic E-state index is 12.3. The fourth-order valence-electron chi connectivity index (χ4n) is 2.68. The molecule has 0 radical (unpaired) electrons. The Balaban J connectivity index is 1.69. The number of thioether (sulfide) groups is 1. The Morgan fingerprint density at radius 2 is 1.85 bits per heavy atom. The first-order valence-electron chi connectivity index (χ1n) is 7.95. The fraction of sp³-hybridized carbons (Fsp3) is 0.222. The molecule has 26 heavy (non-hydrogen) atoms. The van der Waals surface area contributed by atoms with Crippen LogP contribution in [-0.4, -0.2) is 21.0 Å². The second kappa shape index (κ2) is 7.41. The Morgan fingerprint density at radius 1 is 1.15 bits per heavy atom. The molecule has 1 aromatic heterocycles. The molecule has 0 unspecified atom stereocenters. The third-order valence-corrected chi connectivity index (χ3v) is 4.55. The number of aryl methyl sites for hydroxylation is 1. The van der Waals surface area contributed by atoms with Gasteiger partial charge in [0, 0.05) is 17.0 Å². The maximum Gasteiger partial charge on any atom is 0.446 e. The van der Waals surface area contributed by atoms with E-state index in [1.807, 2.05) is 35.8 Å². The van der Waals surface area contributed by atoms with Gasteiger partial charge in [-0.3, -0.25) is 4.79 Å². The van der Waals surface area contributed by atoms with Gasteiger partial charge in [-0.2, -0.15) is 13.2 Å². The molecule has 0 saturated carbocycles. The zero-order chi connectivity index (χ0) is 18.7. The van der Waals surface area contributed by atoms with E-state index in [-0.39, 0.29) is 29.1 Å². The first-order chi connectivity index (χ1) is 12.4. The van der Waals surface area contributed by atoms with Crippen molar-refractivity contribution >= 4 is 28.7 Å². The lowest BCUT2D eigenvalue weighted by Gasteiger charge is -2.09. The fourth-order valence-corrected chi connectivity index (χ4v) is 3.22. The van der Waals surface area contributed by atoms with Crippen molar-refractivity contribution in [2.24, 2.45) is 0 Å². The molecule has 1 N–H and O–H groups in total. The molecule has 3 aromatic rings. The number of imidazole rings is 1. The normalized spacial score (nSPS) is 11.7. The van der Waals surface area contributed by atoms with Crippen LogP contribution in [0.4, 0.5) is 13.2 Å². The molecule has 4 nitrogen and oxygen atoms in total. The van der Waals surface area contributed by atoms with Crippen LogP contribution in [0, 0.1) is 0 Å². The summed E-state index contributed by atoms with van der Waals surface area (Å²) in [7, 11) is 0. The number of para-hydroxylation sites is 2. The smallest absolute Gasteiger partial charge is 0.345 e. The Morgan fingerprint density at radius 3 is 2.50 bits per heavy atom. The summed E-state index contributed by atoms with van der Waals surface area (Å²) in [6.07, 6.45) is 0. The number of amides is 1. The summed E-state index contributed by atoms with van der Waals surface area (Å²) in [4.78, 5) is 16.8. The molecule has 0 aliphatic carbocycles. The van der Waals surface area contributed by atoms with Crippen LogP contribution in [0.25, 0.3) is 11.0 Å². The highest BCUT2D eigenvalue weighted by molar-refractivity contribution is 8.00. The molecule has 0 fully saturated rings. The maximum atomic E-state index is 12.3. The van der Waals surface area contributed by atoms with Gasteiger partial charge in [-0.1, -0.05) is 12.1 Å². The van der Waals surface area contributed by atoms with E-state index in [4.69, 9.17) is 0 Å². The van der Waals surface area contributed by atoms with E-state index in [9.17, 15) is 18.0 Å². The van der Waals surface area contributed by atoms with E-state index < -0.39 is 5.51 Å². The Bertz CT molecular complexity index is 920. The molecule has 0 saturated heterocycles. The van der Waals surface area contributed by atoms with E-state index in [2.05, 4.69) is 10.3 Å². The molecule has 0 aliphatic rings. The van der Waals surface area contributed by atoms with Crippen molar-refractivity contribution in [1.82, 2.24) is 14.9 Å². The summed E-state index contributed by atoms with van der Waals surface area (Å²) in [6, 6.07) is 13.0. The molecular weight excluding hydrogens is 363 g/mol. The summed E-state index contributed by atoms with van der Waals surface area (Å²) in [6.45, 7) is 2.95. The predicted molar refractivity (Wildman–Crippen MR) is 94.9 cm³/mol. The van der Waals surface area contributed by atoms with E-state index in [0.717, 1.165) is 23.4 Å². The lowest BCUT2D eigenvalue weighted by atomic mass is 10.2. The monoisotopic (exact) mass is 379 g/mol. The Hall–Kier alpha value is -2.48. The molecule has 2 aromatic carbocycles. The molecule has 136 valence electrons. The van der Waals surface area contributed by atoms with Crippen molar-refractivity contribution < 1.29 is 18.0 Å². The van der Waals surface area contributed by atoms with Crippen molar-refractivity contribution in [1.29, 1.82) is 0 Å². The van der Waals surface area contributed by atoms with Gasteiger partial charge in [0.2, 0.25) is 0 Å². The number of nitrogens with one attached hydrogen (secondary N) is 1. The SMILES string of the molecule is CCn1c(CNC(=O)c2ccc(SC(F)(F)F)cc2)nc2ccccc21. The minimum atomic E-state index is -4.34. The third-order valence-electron chi connectivity index (χ3n) is 3.81. The summed E-state index contributed by atoms with van der Waals surface area (Å²) < 4.78 is 39.0. The van der Waals surface area contributed by atoms with Crippen molar-refractivity contribution in [2.75, 3.05) is 0 Å². The summed E-state index contributed by atoms with van der Waals surface area (Å²) in [5.41, 5.74) is -2.20. The topological polar surface area (TPSA) is 46.9 Å². The number of nitrogens with zero attached hydrogens (tertiary/aromatic N) is 2. The molecule has 1 amide bonds. The van der Waals surface area contributed by atoms with Gasteiger partial charge >= 0.3 is 5.51 Å². The summed E-state index contributed by atoms with van der Waals surface area (Å²) >= 11 is -0.206. The van der Waals surface area contributed by atoms with Crippen LogP contribution in [-0.2, 0) is 13.1 Å². The minimum absolute atomic E-state index is 0.0434. The van der Waals surface area contributed by atoms with Gasteiger partial charge in [0.15, 0.2) is 0 Å². The average Bonchev–Trinajstić information content (AvgIpc) is 2.96. The van der Waals surface area contributed by atoms with Gasteiger partial charge in [0.25, 0.3) is 5.91 Å². The lowest BCUT2D eigenvalue weighted by molar-refractivity contribution is -0.0328. The standard InChI is InChI=1S/C18H16F3N3OS/c1-2-24-15-6-4-3-5-14(15)23-16(24)11-22-17(25)12-7-9-13(10-8-12)26-18(19,20)21/h3-10H,2,11H2,1H3,(H,22,25). The highest BCUT2D eigenvalue weighted by atomic mass is 32.2. The van der Waals surface area contributed by atoms with Crippen LogP contribution in [0.1, 0.15) is 23.1 Å². The number of hydrogen-bond donors (Lipinski definition) is 1. The zero-order valence-corrected chi connectivity index (χ0v) is 14.7. The van der Waals surface area contributed by atoms with Crippen LogP contribution in [0.5, 0.6) is 0 Å². The molecule has 0 aliphatic heterocycles. The van der Waals surface area contributed by atoms with Gasteiger partial charge in [-0.15, -0.1) is 0 Å². The second-order valence-electron chi connectivity index (χ2n) is 5.52. The minimum Gasteiger partial charge on any atom is -0.345 e. The summed E-state index contributed by atoms with van der Waals surface area (Å²) in [5.74, 6) is 0.370. The van der Waals surface area contributed by atoms with Gasteiger partial charge < -0.3 is 9.88 Å². The van der Waals surface area contributed by atoms with Crippen molar-refractivity contribution in [2.45, 2.75) is 30.4 Å². The highest BCUT2D eigenvalue weighted by Gasteiger charge is 2.29. The van der Waals surface area contributed by atoms with Gasteiger partial charge in [0.1, 0.15) is 5.82 Å². The molecular formula is C18H16F3N3OS. The summed E-state index contributed by atoms with van der Waals surface area (Å²) in [5, 5.41) is 2.77. The quantitative estimate of drug-likeness (QED) is 0.659. The predicted octanol–water partition coefficient (Wildman–Crippen LogP) is 4.60. The highest BCUT2D eigenvalue weighted by Crippen LogP contribution is 2.36. The first-order valence-corrected chi connectivity index (χ1v) is 8.77. The number of aromatic nitrogens is 2. The number of hydrogen-bond acceptors (Lipinski definition) is 3. The molecule has 0 bridgehead atoms. The second-order valence-corrected chi connectivity index (χ2v) is 6.65. The van der Waals surface area contributed by atoms with Crippen molar-refractivity contribution in [3.63, 3.8) is 0 Å². The zero-order valence-electron chi connectivity index (χ0n) is 13.9.